The van der Waals surface area contributed by atoms with E-state index in [0.29, 0.717) is 0 Å². The Morgan fingerprint density at radius 2 is 2.00 bits per heavy atom. The molecular weight excluding hydrogens is 272 g/mol. The molecule has 1 saturated heterocycles. The molecule has 0 amide bonds. The summed E-state index contributed by atoms with van der Waals surface area (Å²) in [6.07, 6.45) is 5.68. The molecule has 4 rings (SSSR count). The molecule has 2 heterocycles. The summed E-state index contributed by atoms with van der Waals surface area (Å²) in [5, 5.41) is 7.95. The zero-order valence-electron chi connectivity index (χ0n) is 13.0. The van der Waals surface area contributed by atoms with E-state index in [-0.39, 0.29) is 0 Å². The van der Waals surface area contributed by atoms with E-state index < -0.39 is 0 Å². The van der Waals surface area contributed by atoms with Crippen LogP contribution < -0.4 is 5.32 Å². The monoisotopic (exact) mass is 296 g/mol. The summed E-state index contributed by atoms with van der Waals surface area (Å²) in [6, 6.07) is 11.1. The Labute approximate surface area is 132 Å². The van der Waals surface area contributed by atoms with Crippen LogP contribution in [0.1, 0.15) is 30.0 Å². The summed E-state index contributed by atoms with van der Waals surface area (Å²) in [5.74, 6) is 0.729. The Kier molecular flexibility index (Phi) is 3.95. The SMILES string of the molecule is c1cc(CCN2CCNCC2)cc(-n2nccc2C2CC2)c1. The average molecular weight is 296 g/mol. The Balaban J connectivity index is 1.46. The predicted molar refractivity (Wildman–Crippen MR) is 88.6 cm³/mol. The van der Waals surface area contributed by atoms with Crippen LogP contribution in [0.3, 0.4) is 0 Å². The first-order valence-electron chi connectivity index (χ1n) is 8.46. The molecule has 4 heteroatoms. The maximum absolute atomic E-state index is 4.54. The lowest BCUT2D eigenvalue weighted by atomic mass is 10.1. The molecule has 2 fully saturated rings. The molecule has 116 valence electrons. The molecule has 1 N–H and O–H groups in total. The number of hydrogen-bond acceptors (Lipinski definition) is 3. The van der Waals surface area contributed by atoms with Crippen LogP contribution in [0, 0.1) is 0 Å². The summed E-state index contributed by atoms with van der Waals surface area (Å²) >= 11 is 0. The summed E-state index contributed by atoms with van der Waals surface area (Å²) < 4.78 is 2.13. The molecule has 0 bridgehead atoms. The van der Waals surface area contributed by atoms with Crippen LogP contribution in [-0.2, 0) is 6.42 Å². The number of nitrogens with one attached hydrogen (secondary N) is 1. The van der Waals surface area contributed by atoms with E-state index in [1.165, 1.54) is 42.9 Å². The number of benzene rings is 1. The van der Waals surface area contributed by atoms with Crippen LogP contribution in [0.5, 0.6) is 0 Å². The molecular formula is C18H24N4. The van der Waals surface area contributed by atoms with Crippen molar-refractivity contribution >= 4 is 0 Å². The molecule has 0 atom stereocenters. The first kappa shape index (κ1) is 14.0. The van der Waals surface area contributed by atoms with Gasteiger partial charge < -0.3 is 10.2 Å². The number of rotatable bonds is 5. The minimum atomic E-state index is 0.729. The maximum atomic E-state index is 4.54. The van der Waals surface area contributed by atoms with Crippen LogP contribution in [0.4, 0.5) is 0 Å². The van der Waals surface area contributed by atoms with Crippen LogP contribution in [0.25, 0.3) is 5.69 Å². The first-order valence-corrected chi connectivity index (χ1v) is 8.46. The number of aromatic nitrogens is 2. The zero-order chi connectivity index (χ0) is 14.8. The topological polar surface area (TPSA) is 33.1 Å². The highest BCUT2D eigenvalue weighted by Gasteiger charge is 2.27. The van der Waals surface area contributed by atoms with Crippen molar-refractivity contribution in [2.45, 2.75) is 25.2 Å². The van der Waals surface area contributed by atoms with Gasteiger partial charge in [-0.15, -0.1) is 0 Å². The standard InChI is InChI=1S/C18H24N4/c1-2-15(7-11-21-12-9-19-10-13-21)14-17(3-1)22-18(6-8-20-22)16-4-5-16/h1-3,6,8,14,16,19H,4-5,7,9-13H2. The van der Waals surface area contributed by atoms with E-state index >= 15 is 0 Å². The fourth-order valence-electron chi connectivity index (χ4n) is 3.28. The second-order valence-corrected chi connectivity index (χ2v) is 6.45. The van der Waals surface area contributed by atoms with E-state index in [0.717, 1.165) is 32.0 Å². The molecule has 1 aliphatic heterocycles. The molecule has 0 spiro atoms. The third kappa shape index (κ3) is 3.08. The summed E-state index contributed by atoms with van der Waals surface area (Å²) in [7, 11) is 0. The van der Waals surface area contributed by atoms with E-state index in [2.05, 4.69) is 50.3 Å². The van der Waals surface area contributed by atoms with Gasteiger partial charge in [0.25, 0.3) is 0 Å². The predicted octanol–water partition coefficient (Wildman–Crippen LogP) is 2.20. The van der Waals surface area contributed by atoms with Gasteiger partial charge in [0.05, 0.1) is 5.69 Å². The van der Waals surface area contributed by atoms with Crippen molar-refractivity contribution in [3.05, 3.63) is 47.8 Å². The molecule has 1 aromatic heterocycles. The molecule has 1 aromatic carbocycles. The van der Waals surface area contributed by atoms with Crippen molar-refractivity contribution in [3.8, 4) is 5.69 Å². The lowest BCUT2D eigenvalue weighted by Crippen LogP contribution is -2.44. The van der Waals surface area contributed by atoms with E-state index in [4.69, 9.17) is 0 Å². The van der Waals surface area contributed by atoms with Crippen molar-refractivity contribution < 1.29 is 0 Å². The third-order valence-corrected chi connectivity index (χ3v) is 4.75. The molecule has 1 aliphatic carbocycles. The number of piperazine rings is 1. The van der Waals surface area contributed by atoms with E-state index in [1.807, 2.05) is 6.20 Å². The lowest BCUT2D eigenvalue weighted by molar-refractivity contribution is 0.244. The van der Waals surface area contributed by atoms with Crippen molar-refractivity contribution in [1.82, 2.24) is 20.0 Å². The van der Waals surface area contributed by atoms with Crippen LogP contribution >= 0.6 is 0 Å². The second kappa shape index (κ2) is 6.23. The van der Waals surface area contributed by atoms with Gasteiger partial charge >= 0.3 is 0 Å². The lowest BCUT2D eigenvalue weighted by Gasteiger charge is -2.27. The largest absolute Gasteiger partial charge is 0.314 e. The summed E-state index contributed by atoms with van der Waals surface area (Å²) in [6.45, 7) is 5.74. The Morgan fingerprint density at radius 3 is 2.82 bits per heavy atom. The maximum Gasteiger partial charge on any atom is 0.0651 e. The Hall–Kier alpha value is -1.65. The summed E-state index contributed by atoms with van der Waals surface area (Å²) in [4.78, 5) is 2.55. The third-order valence-electron chi connectivity index (χ3n) is 4.75. The van der Waals surface area contributed by atoms with Gasteiger partial charge in [-0.05, 0) is 43.0 Å². The van der Waals surface area contributed by atoms with Crippen LogP contribution in [-0.4, -0.2) is 47.4 Å². The van der Waals surface area contributed by atoms with Gasteiger partial charge in [-0.3, -0.25) is 0 Å². The fourth-order valence-corrected chi connectivity index (χ4v) is 3.28. The van der Waals surface area contributed by atoms with Crippen molar-refractivity contribution in [1.29, 1.82) is 0 Å². The quantitative estimate of drug-likeness (QED) is 0.918. The Morgan fingerprint density at radius 1 is 1.14 bits per heavy atom. The van der Waals surface area contributed by atoms with Crippen molar-refractivity contribution in [3.63, 3.8) is 0 Å². The molecule has 1 saturated carbocycles. The van der Waals surface area contributed by atoms with Gasteiger partial charge in [0.1, 0.15) is 0 Å². The highest BCUT2D eigenvalue weighted by atomic mass is 15.3. The van der Waals surface area contributed by atoms with Crippen molar-refractivity contribution in [2.24, 2.45) is 0 Å². The van der Waals surface area contributed by atoms with E-state index in [1.54, 1.807) is 0 Å². The van der Waals surface area contributed by atoms with Crippen molar-refractivity contribution in [2.75, 3.05) is 32.7 Å². The first-order chi connectivity index (χ1) is 10.9. The van der Waals surface area contributed by atoms with Gasteiger partial charge in [-0.2, -0.15) is 5.10 Å². The smallest absolute Gasteiger partial charge is 0.0651 e. The van der Waals surface area contributed by atoms with Gasteiger partial charge in [-0.25, -0.2) is 4.68 Å². The average Bonchev–Trinajstić information content (AvgIpc) is 3.31. The zero-order valence-corrected chi connectivity index (χ0v) is 13.0. The molecule has 4 nitrogen and oxygen atoms in total. The highest BCUT2D eigenvalue weighted by Crippen LogP contribution is 2.40. The minimum absolute atomic E-state index is 0.729. The highest BCUT2D eigenvalue weighted by molar-refractivity contribution is 5.38. The van der Waals surface area contributed by atoms with Crippen LogP contribution in [0.15, 0.2) is 36.5 Å². The number of hydrogen-bond donors (Lipinski definition) is 1. The minimum Gasteiger partial charge on any atom is -0.314 e. The van der Waals surface area contributed by atoms with Gasteiger partial charge in [0.2, 0.25) is 0 Å². The second-order valence-electron chi connectivity index (χ2n) is 6.45. The molecule has 2 aliphatic rings. The van der Waals surface area contributed by atoms with Gasteiger partial charge in [0, 0.05) is 50.5 Å². The summed E-state index contributed by atoms with van der Waals surface area (Å²) in [5.41, 5.74) is 4.00. The number of nitrogens with zero attached hydrogens (tertiary/aromatic N) is 3. The Bertz CT molecular complexity index is 624. The fraction of sp³-hybridized carbons (Fsp3) is 0.500. The normalized spacial score (nSPS) is 19.5. The molecule has 22 heavy (non-hydrogen) atoms. The van der Waals surface area contributed by atoms with E-state index in [9.17, 15) is 0 Å². The van der Waals surface area contributed by atoms with Gasteiger partial charge in [0.15, 0.2) is 0 Å². The molecule has 0 radical (unpaired) electrons. The van der Waals surface area contributed by atoms with Gasteiger partial charge in [-0.1, -0.05) is 12.1 Å². The molecule has 2 aromatic rings. The van der Waals surface area contributed by atoms with Crippen LogP contribution in [0.2, 0.25) is 0 Å². The molecule has 0 unspecified atom stereocenters.